The van der Waals surface area contributed by atoms with E-state index in [9.17, 15) is 8.42 Å². The first-order valence-electron chi connectivity index (χ1n) is 3.83. The predicted molar refractivity (Wildman–Crippen MR) is 46.8 cm³/mol. The molecule has 3 N–H and O–H groups in total. The molecule has 0 aliphatic rings. The zero-order valence-corrected chi connectivity index (χ0v) is 8.19. The SMILES string of the molecule is CC(C)CNS(=O)(=O)NCCO. The lowest BCUT2D eigenvalue weighted by Gasteiger charge is -2.08. The maximum absolute atomic E-state index is 11.0. The first-order valence-corrected chi connectivity index (χ1v) is 5.31. The average Bonchev–Trinajstić information content (AvgIpc) is 1.98. The van der Waals surface area contributed by atoms with E-state index in [0.717, 1.165) is 0 Å². The molecular formula is C6H16N2O3S. The van der Waals surface area contributed by atoms with Gasteiger partial charge in [0.05, 0.1) is 6.61 Å². The van der Waals surface area contributed by atoms with E-state index in [2.05, 4.69) is 9.44 Å². The molecule has 0 aromatic rings. The Kier molecular flexibility index (Phi) is 5.39. The van der Waals surface area contributed by atoms with Gasteiger partial charge in [-0.15, -0.1) is 0 Å². The third-order valence-electron chi connectivity index (χ3n) is 1.09. The Labute approximate surface area is 73.4 Å². The number of hydrogen-bond acceptors (Lipinski definition) is 3. The molecule has 0 aliphatic carbocycles. The van der Waals surface area contributed by atoms with Crippen LogP contribution in [0, 0.1) is 5.92 Å². The molecule has 6 heteroatoms. The number of hydrogen-bond donors (Lipinski definition) is 3. The van der Waals surface area contributed by atoms with Crippen LogP contribution in [0.15, 0.2) is 0 Å². The lowest BCUT2D eigenvalue weighted by Crippen LogP contribution is -2.39. The second-order valence-corrected chi connectivity index (χ2v) is 4.45. The second kappa shape index (κ2) is 5.47. The molecule has 0 unspecified atom stereocenters. The molecule has 0 aromatic heterocycles. The fraction of sp³-hybridized carbons (Fsp3) is 1.00. The summed E-state index contributed by atoms with van der Waals surface area (Å²) in [6.07, 6.45) is 0. The Hall–Kier alpha value is -0.170. The van der Waals surface area contributed by atoms with E-state index in [-0.39, 0.29) is 19.1 Å². The Morgan fingerprint density at radius 2 is 1.92 bits per heavy atom. The van der Waals surface area contributed by atoms with Gasteiger partial charge in [0.1, 0.15) is 0 Å². The minimum Gasteiger partial charge on any atom is -0.395 e. The van der Waals surface area contributed by atoms with Crippen LogP contribution in [0.25, 0.3) is 0 Å². The third kappa shape index (κ3) is 6.53. The van der Waals surface area contributed by atoms with Gasteiger partial charge in [0.25, 0.3) is 10.2 Å². The van der Waals surface area contributed by atoms with E-state index in [0.29, 0.717) is 6.54 Å². The molecule has 0 atom stereocenters. The zero-order valence-electron chi connectivity index (χ0n) is 7.37. The molecule has 0 bridgehead atoms. The van der Waals surface area contributed by atoms with Gasteiger partial charge in [-0.05, 0) is 5.92 Å². The number of aliphatic hydroxyl groups excluding tert-OH is 1. The van der Waals surface area contributed by atoms with Crippen molar-refractivity contribution in [2.45, 2.75) is 13.8 Å². The average molecular weight is 196 g/mol. The molecule has 0 spiro atoms. The maximum atomic E-state index is 11.0. The van der Waals surface area contributed by atoms with Crippen LogP contribution in [0.2, 0.25) is 0 Å². The molecule has 0 saturated carbocycles. The molecule has 0 aliphatic heterocycles. The second-order valence-electron chi connectivity index (χ2n) is 2.86. The minimum atomic E-state index is -3.40. The highest BCUT2D eigenvalue weighted by molar-refractivity contribution is 7.87. The van der Waals surface area contributed by atoms with Crippen LogP contribution in [0.1, 0.15) is 13.8 Å². The summed E-state index contributed by atoms with van der Waals surface area (Å²) >= 11 is 0. The summed E-state index contributed by atoms with van der Waals surface area (Å²) in [6, 6.07) is 0. The van der Waals surface area contributed by atoms with Gasteiger partial charge < -0.3 is 5.11 Å². The van der Waals surface area contributed by atoms with Crippen LogP contribution >= 0.6 is 0 Å². The standard InChI is InChI=1S/C6H16N2O3S/c1-6(2)5-8-12(10,11)7-3-4-9/h6-9H,3-5H2,1-2H3. The zero-order chi connectivity index (χ0) is 9.61. The van der Waals surface area contributed by atoms with E-state index in [1.165, 1.54) is 0 Å². The first-order chi connectivity index (χ1) is 5.48. The summed E-state index contributed by atoms with van der Waals surface area (Å²) in [5.74, 6) is 0.274. The Balaban J connectivity index is 3.73. The summed E-state index contributed by atoms with van der Waals surface area (Å²) in [5, 5.41) is 8.35. The van der Waals surface area contributed by atoms with Crippen LogP contribution in [0.3, 0.4) is 0 Å². The van der Waals surface area contributed by atoms with Gasteiger partial charge in [-0.3, -0.25) is 0 Å². The molecule has 12 heavy (non-hydrogen) atoms. The van der Waals surface area contributed by atoms with E-state index >= 15 is 0 Å². The normalized spacial score (nSPS) is 12.3. The van der Waals surface area contributed by atoms with Crippen molar-refractivity contribution in [1.29, 1.82) is 0 Å². The predicted octanol–water partition coefficient (Wildman–Crippen LogP) is -0.941. The van der Waals surface area contributed by atoms with Crippen LogP contribution in [0.4, 0.5) is 0 Å². The Morgan fingerprint density at radius 1 is 1.33 bits per heavy atom. The Morgan fingerprint density at radius 3 is 2.33 bits per heavy atom. The van der Waals surface area contributed by atoms with E-state index in [4.69, 9.17) is 5.11 Å². The monoisotopic (exact) mass is 196 g/mol. The van der Waals surface area contributed by atoms with Gasteiger partial charge >= 0.3 is 0 Å². The highest BCUT2D eigenvalue weighted by Gasteiger charge is 2.07. The van der Waals surface area contributed by atoms with Gasteiger partial charge in [0, 0.05) is 13.1 Å². The Bertz CT molecular complexity index is 201. The first kappa shape index (κ1) is 11.8. The van der Waals surface area contributed by atoms with Crippen molar-refractivity contribution >= 4 is 10.2 Å². The largest absolute Gasteiger partial charge is 0.395 e. The third-order valence-corrected chi connectivity index (χ3v) is 2.22. The molecule has 0 saturated heterocycles. The lowest BCUT2D eigenvalue weighted by atomic mass is 10.2. The van der Waals surface area contributed by atoms with E-state index < -0.39 is 10.2 Å². The molecular weight excluding hydrogens is 180 g/mol. The van der Waals surface area contributed by atoms with Gasteiger partial charge in [-0.1, -0.05) is 13.8 Å². The van der Waals surface area contributed by atoms with Crippen LogP contribution in [-0.2, 0) is 10.2 Å². The van der Waals surface area contributed by atoms with Gasteiger partial charge in [-0.25, -0.2) is 9.44 Å². The fourth-order valence-corrected chi connectivity index (χ4v) is 1.52. The molecule has 0 radical (unpaired) electrons. The molecule has 0 aromatic carbocycles. The summed E-state index contributed by atoms with van der Waals surface area (Å²) in [7, 11) is -3.40. The van der Waals surface area contributed by atoms with Crippen molar-refractivity contribution in [2.75, 3.05) is 19.7 Å². The highest BCUT2D eigenvalue weighted by atomic mass is 32.2. The smallest absolute Gasteiger partial charge is 0.276 e. The number of aliphatic hydroxyl groups is 1. The van der Waals surface area contributed by atoms with Crippen molar-refractivity contribution < 1.29 is 13.5 Å². The van der Waals surface area contributed by atoms with Crippen molar-refractivity contribution in [2.24, 2.45) is 5.92 Å². The van der Waals surface area contributed by atoms with Crippen molar-refractivity contribution in [3.05, 3.63) is 0 Å². The van der Waals surface area contributed by atoms with E-state index in [1.807, 2.05) is 13.8 Å². The number of rotatable bonds is 6. The van der Waals surface area contributed by atoms with Crippen LogP contribution in [-0.4, -0.2) is 33.2 Å². The maximum Gasteiger partial charge on any atom is 0.276 e. The fourth-order valence-electron chi connectivity index (χ4n) is 0.507. The quantitative estimate of drug-likeness (QED) is 0.513. The van der Waals surface area contributed by atoms with Crippen molar-refractivity contribution in [3.8, 4) is 0 Å². The van der Waals surface area contributed by atoms with Crippen LogP contribution in [0.5, 0.6) is 0 Å². The summed E-state index contributed by atoms with van der Waals surface area (Å²) in [6.45, 7) is 4.08. The van der Waals surface area contributed by atoms with Crippen molar-refractivity contribution in [3.63, 3.8) is 0 Å². The van der Waals surface area contributed by atoms with Gasteiger partial charge in [0.2, 0.25) is 0 Å². The minimum absolute atomic E-state index is 0.0490. The summed E-state index contributed by atoms with van der Waals surface area (Å²) in [4.78, 5) is 0. The molecule has 0 rings (SSSR count). The van der Waals surface area contributed by atoms with Crippen LogP contribution < -0.4 is 9.44 Å². The molecule has 0 fully saturated rings. The molecule has 0 heterocycles. The van der Waals surface area contributed by atoms with E-state index in [1.54, 1.807) is 0 Å². The lowest BCUT2D eigenvalue weighted by molar-refractivity contribution is 0.300. The summed E-state index contributed by atoms with van der Waals surface area (Å²) < 4.78 is 26.4. The van der Waals surface area contributed by atoms with Gasteiger partial charge in [-0.2, -0.15) is 8.42 Å². The summed E-state index contributed by atoms with van der Waals surface area (Å²) in [5.41, 5.74) is 0. The highest BCUT2D eigenvalue weighted by Crippen LogP contribution is 1.88. The number of nitrogens with one attached hydrogen (secondary N) is 2. The molecule has 0 amide bonds. The topological polar surface area (TPSA) is 78.4 Å². The van der Waals surface area contributed by atoms with Crippen molar-refractivity contribution in [1.82, 2.24) is 9.44 Å². The molecule has 74 valence electrons. The molecule has 5 nitrogen and oxygen atoms in total. The van der Waals surface area contributed by atoms with Gasteiger partial charge in [0.15, 0.2) is 0 Å².